The number of nitrogens with two attached hydrogens (primary N) is 1. The lowest BCUT2D eigenvalue weighted by molar-refractivity contribution is -0.000749. The van der Waals surface area contributed by atoms with Crippen LogP contribution in [0.15, 0.2) is 24.3 Å². The van der Waals surface area contributed by atoms with Crippen LogP contribution < -0.4 is 10.5 Å². The molecule has 1 rings (SSSR count). The molecule has 0 radical (unpaired) electrons. The van der Waals surface area contributed by atoms with E-state index in [4.69, 9.17) is 15.6 Å². The average Bonchev–Trinajstić information content (AvgIpc) is 2.03. The van der Waals surface area contributed by atoms with Crippen LogP contribution in [0.4, 0.5) is 0 Å². The summed E-state index contributed by atoms with van der Waals surface area (Å²) in [5.74, 6) is -0.186. The summed E-state index contributed by atoms with van der Waals surface area (Å²) in [6.07, 6.45) is -0.708. The summed E-state index contributed by atoms with van der Waals surface area (Å²) in [5.41, 5.74) is 5.42. The van der Waals surface area contributed by atoms with Crippen molar-refractivity contribution in [3.05, 3.63) is 29.8 Å². The maximum Gasteiger partial charge on any atom is 0.300 e. The quantitative estimate of drug-likeness (QED) is 0.536. The molecular formula is C9H12NO3+. The molecule has 4 N–H and O–H groups in total. The SMILES string of the molecule is CC([OH2+])Oc1ccccc1C(N)=O. The Hall–Kier alpha value is -1.55. The molecule has 0 saturated heterocycles. The second kappa shape index (κ2) is 3.91. The molecule has 1 aromatic rings. The maximum absolute atomic E-state index is 10.9. The van der Waals surface area contributed by atoms with Crippen molar-refractivity contribution in [3.8, 4) is 5.75 Å². The first kappa shape index (κ1) is 9.54. The van der Waals surface area contributed by atoms with E-state index in [1.54, 1.807) is 31.2 Å². The highest BCUT2D eigenvalue weighted by atomic mass is 16.6. The van der Waals surface area contributed by atoms with Crippen molar-refractivity contribution < 1.29 is 14.6 Å². The largest absolute Gasteiger partial charge is 0.425 e. The molecule has 0 aliphatic rings. The lowest BCUT2D eigenvalue weighted by Gasteiger charge is -2.08. The van der Waals surface area contributed by atoms with Gasteiger partial charge in [-0.15, -0.1) is 0 Å². The van der Waals surface area contributed by atoms with Crippen molar-refractivity contribution in [1.82, 2.24) is 0 Å². The van der Waals surface area contributed by atoms with Crippen molar-refractivity contribution in [2.24, 2.45) is 5.73 Å². The number of amides is 1. The molecule has 0 heterocycles. The minimum absolute atomic E-state index is 0.307. The van der Waals surface area contributed by atoms with Gasteiger partial charge in [0.25, 0.3) is 5.91 Å². The zero-order valence-corrected chi connectivity index (χ0v) is 7.28. The third-order valence-electron chi connectivity index (χ3n) is 1.46. The van der Waals surface area contributed by atoms with Gasteiger partial charge in [-0.1, -0.05) is 12.1 Å². The third-order valence-corrected chi connectivity index (χ3v) is 1.46. The Labute approximate surface area is 75.9 Å². The van der Waals surface area contributed by atoms with Crippen LogP contribution in [0.25, 0.3) is 0 Å². The number of benzene rings is 1. The summed E-state index contributed by atoms with van der Waals surface area (Å²) in [6.45, 7) is 1.57. The Morgan fingerprint density at radius 3 is 2.69 bits per heavy atom. The highest BCUT2D eigenvalue weighted by Gasteiger charge is 2.10. The molecule has 0 spiro atoms. The summed E-state index contributed by atoms with van der Waals surface area (Å²) in [5, 5.41) is 7.18. The number of para-hydroxylation sites is 1. The van der Waals surface area contributed by atoms with Gasteiger partial charge in [0.05, 0.1) is 5.56 Å². The topological polar surface area (TPSA) is 75.2 Å². The van der Waals surface area contributed by atoms with E-state index in [0.717, 1.165) is 0 Å². The van der Waals surface area contributed by atoms with Gasteiger partial charge in [-0.25, -0.2) is 0 Å². The van der Waals surface area contributed by atoms with E-state index in [2.05, 4.69) is 0 Å². The molecular weight excluding hydrogens is 170 g/mol. The van der Waals surface area contributed by atoms with Crippen LogP contribution in [0, 0.1) is 0 Å². The van der Waals surface area contributed by atoms with E-state index < -0.39 is 12.2 Å². The van der Waals surface area contributed by atoms with E-state index in [1.165, 1.54) is 0 Å². The van der Waals surface area contributed by atoms with Crippen molar-refractivity contribution in [1.29, 1.82) is 0 Å². The first-order chi connectivity index (χ1) is 6.11. The zero-order valence-electron chi connectivity index (χ0n) is 7.28. The van der Waals surface area contributed by atoms with Gasteiger partial charge in [0, 0.05) is 6.92 Å². The molecule has 13 heavy (non-hydrogen) atoms. The number of ether oxygens (including phenoxy) is 1. The Bertz CT molecular complexity index is 309. The third kappa shape index (κ3) is 2.45. The first-order valence-electron chi connectivity index (χ1n) is 3.88. The summed E-state index contributed by atoms with van der Waals surface area (Å²) in [7, 11) is 0. The molecule has 1 amide bonds. The number of carbonyl (C=O) groups excluding carboxylic acids is 1. The first-order valence-corrected chi connectivity index (χ1v) is 3.88. The summed E-state index contributed by atoms with van der Waals surface area (Å²) in [6, 6.07) is 6.61. The molecule has 0 fully saturated rings. The number of carbonyl (C=O) groups is 1. The molecule has 0 saturated carbocycles. The normalized spacial score (nSPS) is 12.2. The fraction of sp³-hybridized carbons (Fsp3) is 0.222. The van der Waals surface area contributed by atoms with Crippen molar-refractivity contribution in [3.63, 3.8) is 0 Å². The second-order valence-electron chi connectivity index (χ2n) is 2.62. The molecule has 4 nitrogen and oxygen atoms in total. The predicted octanol–water partition coefficient (Wildman–Crippen LogP) is 0.235. The van der Waals surface area contributed by atoms with E-state index in [0.29, 0.717) is 11.3 Å². The molecule has 0 aliphatic heterocycles. The smallest absolute Gasteiger partial charge is 0.300 e. The van der Waals surface area contributed by atoms with Crippen LogP contribution in [-0.4, -0.2) is 17.3 Å². The minimum Gasteiger partial charge on any atom is -0.425 e. The summed E-state index contributed by atoms with van der Waals surface area (Å²) in [4.78, 5) is 10.9. The molecule has 70 valence electrons. The Morgan fingerprint density at radius 1 is 1.54 bits per heavy atom. The molecule has 4 heteroatoms. The Kier molecular flexibility index (Phi) is 2.87. The van der Waals surface area contributed by atoms with Crippen LogP contribution in [-0.2, 0) is 0 Å². The average molecular weight is 182 g/mol. The molecule has 0 aromatic heterocycles. The summed E-state index contributed by atoms with van der Waals surface area (Å²) >= 11 is 0. The lowest BCUT2D eigenvalue weighted by atomic mass is 10.2. The van der Waals surface area contributed by atoms with E-state index in [-0.39, 0.29) is 0 Å². The molecule has 1 aromatic carbocycles. The van der Waals surface area contributed by atoms with Crippen LogP contribution >= 0.6 is 0 Å². The second-order valence-corrected chi connectivity index (χ2v) is 2.62. The van der Waals surface area contributed by atoms with Crippen LogP contribution in [0.5, 0.6) is 5.75 Å². The van der Waals surface area contributed by atoms with Gasteiger partial charge in [0.1, 0.15) is 5.75 Å². The Morgan fingerprint density at radius 2 is 2.15 bits per heavy atom. The van der Waals surface area contributed by atoms with Crippen LogP contribution in [0.3, 0.4) is 0 Å². The highest BCUT2D eigenvalue weighted by molar-refractivity contribution is 5.95. The van der Waals surface area contributed by atoms with Gasteiger partial charge in [0.15, 0.2) is 0 Å². The number of hydrogen-bond donors (Lipinski definition) is 1. The predicted molar refractivity (Wildman–Crippen MR) is 48.7 cm³/mol. The maximum atomic E-state index is 10.9. The number of hydrogen-bond acceptors (Lipinski definition) is 2. The van der Waals surface area contributed by atoms with Crippen molar-refractivity contribution in [2.45, 2.75) is 13.2 Å². The molecule has 1 unspecified atom stereocenters. The van der Waals surface area contributed by atoms with Gasteiger partial charge < -0.3 is 15.6 Å². The number of primary amides is 1. The van der Waals surface area contributed by atoms with Gasteiger partial charge in [-0.3, -0.25) is 4.79 Å². The molecule has 1 atom stereocenters. The molecule has 0 aliphatic carbocycles. The van der Waals surface area contributed by atoms with Gasteiger partial charge in [0.2, 0.25) is 0 Å². The van der Waals surface area contributed by atoms with E-state index >= 15 is 0 Å². The van der Waals surface area contributed by atoms with Gasteiger partial charge in [-0.2, -0.15) is 0 Å². The van der Waals surface area contributed by atoms with E-state index in [9.17, 15) is 4.79 Å². The lowest BCUT2D eigenvalue weighted by Crippen LogP contribution is -2.16. The zero-order chi connectivity index (χ0) is 9.84. The fourth-order valence-corrected chi connectivity index (χ4v) is 0.963. The van der Waals surface area contributed by atoms with Crippen molar-refractivity contribution in [2.75, 3.05) is 0 Å². The van der Waals surface area contributed by atoms with Gasteiger partial charge in [-0.05, 0) is 12.1 Å². The Balaban J connectivity index is 2.98. The van der Waals surface area contributed by atoms with Crippen LogP contribution in [0.2, 0.25) is 0 Å². The summed E-state index contributed by atoms with van der Waals surface area (Å²) < 4.78 is 5.07. The molecule has 0 bridgehead atoms. The number of rotatable bonds is 3. The van der Waals surface area contributed by atoms with Crippen molar-refractivity contribution >= 4 is 5.91 Å². The fourth-order valence-electron chi connectivity index (χ4n) is 0.963. The van der Waals surface area contributed by atoms with Gasteiger partial charge >= 0.3 is 6.29 Å². The van der Waals surface area contributed by atoms with E-state index in [1.807, 2.05) is 0 Å². The highest BCUT2D eigenvalue weighted by Crippen LogP contribution is 2.17. The van der Waals surface area contributed by atoms with Crippen LogP contribution in [0.1, 0.15) is 17.3 Å². The monoisotopic (exact) mass is 182 g/mol. The minimum atomic E-state index is -0.708. The standard InChI is InChI=1S/C9H11NO3/c1-6(11)13-8-5-3-2-4-7(8)9(10)12/h2-6,11H,1H3,(H2,10,12)/p+1.